The molecule has 0 N–H and O–H groups in total. The summed E-state index contributed by atoms with van der Waals surface area (Å²) in [6, 6.07) is 8.21. The average Bonchev–Trinajstić information content (AvgIpc) is 3.37. The predicted molar refractivity (Wildman–Crippen MR) is 89.8 cm³/mol. The quantitative estimate of drug-likeness (QED) is 0.850. The lowest BCUT2D eigenvalue weighted by molar-refractivity contribution is -0.136. The average molecular weight is 328 g/mol. The van der Waals surface area contributed by atoms with E-state index in [-0.39, 0.29) is 17.2 Å². The maximum Gasteiger partial charge on any atom is 0.233 e. The lowest BCUT2D eigenvalue weighted by Gasteiger charge is -2.38. The number of likely N-dealkylation sites (tertiary alicyclic amines) is 2. The first-order chi connectivity index (χ1) is 11.5. The molecular weight excluding hydrogens is 304 g/mol. The minimum absolute atomic E-state index is 0.218. The van der Waals surface area contributed by atoms with E-state index in [1.54, 1.807) is 7.11 Å². The van der Waals surface area contributed by atoms with Gasteiger partial charge in [0.15, 0.2) is 0 Å². The second-order valence-electron chi connectivity index (χ2n) is 7.39. The number of nitrogens with zero attached hydrogens (tertiary/aromatic N) is 2. The van der Waals surface area contributed by atoms with Gasteiger partial charge in [-0.1, -0.05) is 12.1 Å². The van der Waals surface area contributed by atoms with Crippen LogP contribution in [-0.2, 0) is 15.0 Å². The summed E-state index contributed by atoms with van der Waals surface area (Å²) in [5, 5.41) is 0. The van der Waals surface area contributed by atoms with Crippen molar-refractivity contribution in [3.8, 4) is 5.75 Å². The molecule has 0 aromatic heterocycles. The molecule has 0 spiro atoms. The summed E-state index contributed by atoms with van der Waals surface area (Å²) in [4.78, 5) is 29.0. The van der Waals surface area contributed by atoms with E-state index < -0.39 is 0 Å². The molecule has 1 aromatic rings. The third-order valence-electron chi connectivity index (χ3n) is 6.11. The molecule has 2 aliphatic heterocycles. The Balaban J connectivity index is 1.50. The minimum Gasteiger partial charge on any atom is -0.497 e. The molecule has 3 fully saturated rings. The lowest BCUT2D eigenvalue weighted by Crippen LogP contribution is -2.50. The van der Waals surface area contributed by atoms with Gasteiger partial charge in [0.1, 0.15) is 5.75 Å². The van der Waals surface area contributed by atoms with Crippen molar-refractivity contribution in [3.63, 3.8) is 0 Å². The second-order valence-corrected chi connectivity index (χ2v) is 7.39. The zero-order chi connectivity index (χ0) is 16.9. The van der Waals surface area contributed by atoms with Gasteiger partial charge in [-0.2, -0.15) is 0 Å². The van der Waals surface area contributed by atoms with Crippen LogP contribution in [0.15, 0.2) is 24.3 Å². The standard InChI is InChI=1S/C19H24N2O3/c1-20-16-7-10-21(12-13(16)11-17(20)22)18(23)19(8-9-19)14-3-5-15(24-2)6-4-14/h3-6,13,16H,7-12H2,1-2H3/t13-,16+/m1/s1. The lowest BCUT2D eigenvalue weighted by atomic mass is 9.89. The third-order valence-corrected chi connectivity index (χ3v) is 6.11. The van der Waals surface area contributed by atoms with Gasteiger partial charge in [0.25, 0.3) is 0 Å². The highest BCUT2D eigenvalue weighted by atomic mass is 16.5. The van der Waals surface area contributed by atoms with Crippen LogP contribution in [0.4, 0.5) is 0 Å². The summed E-state index contributed by atoms with van der Waals surface area (Å²) in [7, 11) is 3.54. The molecule has 5 heteroatoms. The van der Waals surface area contributed by atoms with Crippen LogP contribution in [-0.4, -0.2) is 54.9 Å². The van der Waals surface area contributed by atoms with Crippen molar-refractivity contribution >= 4 is 11.8 Å². The minimum atomic E-state index is -0.340. The van der Waals surface area contributed by atoms with Crippen molar-refractivity contribution in [1.82, 2.24) is 9.80 Å². The normalized spacial score (nSPS) is 27.8. The number of hydrogen-bond acceptors (Lipinski definition) is 3. The van der Waals surface area contributed by atoms with Gasteiger partial charge in [-0.05, 0) is 37.0 Å². The van der Waals surface area contributed by atoms with Crippen LogP contribution in [0.5, 0.6) is 5.75 Å². The molecule has 128 valence electrons. The zero-order valence-corrected chi connectivity index (χ0v) is 14.3. The first kappa shape index (κ1) is 15.5. The van der Waals surface area contributed by atoms with Gasteiger partial charge in [-0.15, -0.1) is 0 Å². The Morgan fingerprint density at radius 1 is 1.25 bits per heavy atom. The van der Waals surface area contributed by atoms with E-state index >= 15 is 0 Å². The van der Waals surface area contributed by atoms with E-state index in [0.717, 1.165) is 43.7 Å². The molecule has 4 rings (SSSR count). The Morgan fingerprint density at radius 2 is 1.96 bits per heavy atom. The SMILES string of the molecule is COc1ccc(C2(C(=O)N3CC[C@H]4[C@H](CC(=O)N4C)C3)CC2)cc1. The summed E-state index contributed by atoms with van der Waals surface area (Å²) in [6.45, 7) is 1.48. The van der Waals surface area contributed by atoms with Gasteiger partial charge >= 0.3 is 0 Å². The van der Waals surface area contributed by atoms with Crippen molar-refractivity contribution < 1.29 is 14.3 Å². The number of rotatable bonds is 3. The van der Waals surface area contributed by atoms with Crippen LogP contribution < -0.4 is 4.74 Å². The first-order valence-electron chi connectivity index (χ1n) is 8.75. The summed E-state index contributed by atoms with van der Waals surface area (Å²) in [5.41, 5.74) is 0.753. The molecule has 3 aliphatic rings. The Morgan fingerprint density at radius 3 is 2.58 bits per heavy atom. The fourth-order valence-electron chi connectivity index (χ4n) is 4.43. The molecule has 2 saturated heterocycles. The molecule has 0 unspecified atom stereocenters. The molecule has 0 radical (unpaired) electrons. The highest BCUT2D eigenvalue weighted by Gasteiger charge is 2.54. The number of piperidine rings is 1. The predicted octanol–water partition coefficient (Wildman–Crippen LogP) is 1.81. The number of hydrogen-bond donors (Lipinski definition) is 0. The second kappa shape index (κ2) is 5.50. The van der Waals surface area contributed by atoms with Crippen LogP contribution in [0.3, 0.4) is 0 Å². The van der Waals surface area contributed by atoms with Crippen LogP contribution in [0, 0.1) is 5.92 Å². The summed E-state index contributed by atoms with van der Waals surface area (Å²) in [6.07, 6.45) is 3.32. The van der Waals surface area contributed by atoms with Crippen LogP contribution in [0.1, 0.15) is 31.2 Å². The first-order valence-corrected chi connectivity index (χ1v) is 8.75. The van der Waals surface area contributed by atoms with E-state index in [1.165, 1.54) is 0 Å². The smallest absolute Gasteiger partial charge is 0.233 e. The Hall–Kier alpha value is -2.04. The van der Waals surface area contributed by atoms with Crippen LogP contribution in [0.2, 0.25) is 0 Å². The van der Waals surface area contributed by atoms with E-state index in [2.05, 4.69) is 0 Å². The topological polar surface area (TPSA) is 49.9 Å². The van der Waals surface area contributed by atoms with Crippen molar-refractivity contribution in [2.24, 2.45) is 5.92 Å². The van der Waals surface area contributed by atoms with E-state index in [1.807, 2.05) is 41.1 Å². The van der Waals surface area contributed by atoms with Crippen molar-refractivity contribution in [3.05, 3.63) is 29.8 Å². The van der Waals surface area contributed by atoms with Crippen LogP contribution in [0.25, 0.3) is 0 Å². The number of methoxy groups -OCH3 is 1. The fraction of sp³-hybridized carbons (Fsp3) is 0.579. The number of carbonyl (C=O) groups is 2. The molecule has 24 heavy (non-hydrogen) atoms. The highest BCUT2D eigenvalue weighted by Crippen LogP contribution is 2.50. The number of fused-ring (bicyclic) bond motifs is 1. The Labute approximate surface area is 142 Å². The van der Waals surface area contributed by atoms with Gasteiger partial charge in [0.05, 0.1) is 12.5 Å². The fourth-order valence-corrected chi connectivity index (χ4v) is 4.43. The summed E-state index contributed by atoms with van der Waals surface area (Å²) >= 11 is 0. The molecule has 2 heterocycles. The summed E-state index contributed by atoms with van der Waals surface area (Å²) in [5.74, 6) is 1.57. The highest BCUT2D eigenvalue weighted by molar-refractivity contribution is 5.91. The molecule has 2 atom stereocenters. The Bertz CT molecular complexity index is 666. The monoisotopic (exact) mass is 328 g/mol. The maximum atomic E-state index is 13.2. The largest absolute Gasteiger partial charge is 0.497 e. The summed E-state index contributed by atoms with van der Waals surface area (Å²) < 4.78 is 5.21. The Kier molecular flexibility index (Phi) is 3.55. The van der Waals surface area contributed by atoms with E-state index in [9.17, 15) is 9.59 Å². The van der Waals surface area contributed by atoms with Crippen molar-refractivity contribution in [2.75, 3.05) is 27.2 Å². The van der Waals surface area contributed by atoms with Crippen LogP contribution >= 0.6 is 0 Å². The number of benzene rings is 1. The molecule has 1 aliphatic carbocycles. The van der Waals surface area contributed by atoms with Gasteiger partial charge in [-0.3, -0.25) is 9.59 Å². The number of carbonyl (C=O) groups excluding carboxylic acids is 2. The number of amides is 2. The molecule has 0 bridgehead atoms. The van der Waals surface area contributed by atoms with Crippen molar-refractivity contribution in [2.45, 2.75) is 37.1 Å². The zero-order valence-electron chi connectivity index (χ0n) is 14.3. The third kappa shape index (κ3) is 2.29. The van der Waals surface area contributed by atoms with Gasteiger partial charge in [-0.25, -0.2) is 0 Å². The number of ether oxygens (including phenoxy) is 1. The molecule has 2 amide bonds. The van der Waals surface area contributed by atoms with Crippen molar-refractivity contribution in [1.29, 1.82) is 0 Å². The van der Waals surface area contributed by atoms with Gasteiger partial charge in [0, 0.05) is 38.5 Å². The molecular formula is C19H24N2O3. The maximum absolute atomic E-state index is 13.2. The molecule has 5 nitrogen and oxygen atoms in total. The van der Waals surface area contributed by atoms with Gasteiger partial charge < -0.3 is 14.5 Å². The molecule has 1 aromatic carbocycles. The molecule has 1 saturated carbocycles. The van der Waals surface area contributed by atoms with E-state index in [4.69, 9.17) is 4.74 Å². The van der Waals surface area contributed by atoms with E-state index in [0.29, 0.717) is 18.4 Å². The van der Waals surface area contributed by atoms with Gasteiger partial charge in [0.2, 0.25) is 11.8 Å².